The van der Waals surface area contributed by atoms with Crippen molar-refractivity contribution in [2.45, 2.75) is 20.3 Å². The predicted octanol–water partition coefficient (Wildman–Crippen LogP) is 3.96. The minimum absolute atomic E-state index is 0.240. The van der Waals surface area contributed by atoms with Crippen molar-refractivity contribution in [1.82, 2.24) is 0 Å². The molecule has 1 aromatic rings. The van der Waals surface area contributed by atoms with E-state index < -0.39 is 11.7 Å². The Morgan fingerprint density at radius 2 is 2.12 bits per heavy atom. The van der Waals surface area contributed by atoms with E-state index in [0.29, 0.717) is 10.9 Å². The van der Waals surface area contributed by atoms with Crippen LogP contribution in [-0.4, -0.2) is 5.78 Å². The third kappa shape index (κ3) is 3.94. The van der Waals surface area contributed by atoms with Crippen molar-refractivity contribution in [2.75, 3.05) is 0 Å². The molecule has 1 unspecified atom stereocenters. The number of benzene rings is 1. The van der Waals surface area contributed by atoms with Gasteiger partial charge < -0.3 is 0 Å². The molecule has 0 amide bonds. The smallest absolute Gasteiger partial charge is 0.180 e. The van der Waals surface area contributed by atoms with E-state index in [9.17, 15) is 9.18 Å². The van der Waals surface area contributed by atoms with E-state index in [0.717, 1.165) is 6.07 Å². The van der Waals surface area contributed by atoms with Gasteiger partial charge in [0.15, 0.2) is 5.78 Å². The molecule has 0 N–H and O–H groups in total. The maximum atomic E-state index is 13.2. The molecule has 0 aliphatic rings. The molecule has 2 nitrogen and oxygen atoms in total. The molecule has 0 bridgehead atoms. The maximum Gasteiger partial charge on any atom is 0.180 e. The second kappa shape index (κ2) is 5.92. The number of carbonyl (C=O) groups excluding carboxylic acids is 1. The van der Waals surface area contributed by atoms with Crippen molar-refractivity contribution in [3.05, 3.63) is 34.1 Å². The van der Waals surface area contributed by atoms with Crippen LogP contribution in [0.4, 0.5) is 4.39 Å². The highest BCUT2D eigenvalue weighted by atomic mass is 79.9. The normalized spacial score (nSPS) is 12.2. The number of hydrogen-bond donors (Lipinski definition) is 0. The van der Waals surface area contributed by atoms with E-state index in [1.807, 2.05) is 19.9 Å². The highest BCUT2D eigenvalue weighted by Crippen LogP contribution is 2.21. The number of rotatable bonds is 4. The summed E-state index contributed by atoms with van der Waals surface area (Å²) in [6, 6.07) is 5.96. The van der Waals surface area contributed by atoms with Crippen LogP contribution < -0.4 is 0 Å². The second-order valence-electron chi connectivity index (χ2n) is 4.33. The Labute approximate surface area is 109 Å². The minimum Gasteiger partial charge on any atom is -0.293 e. The molecule has 90 valence electrons. The van der Waals surface area contributed by atoms with Gasteiger partial charge in [-0.05, 0) is 30.5 Å². The molecule has 1 rings (SSSR count). The SMILES string of the molecule is CC(C)CC(C#N)C(=O)c1cc(F)cc(Br)c1. The van der Waals surface area contributed by atoms with Crippen LogP contribution >= 0.6 is 15.9 Å². The molecule has 0 aliphatic carbocycles. The quantitative estimate of drug-likeness (QED) is 0.789. The molecule has 1 aromatic carbocycles. The van der Waals surface area contributed by atoms with E-state index in [1.165, 1.54) is 12.1 Å². The Kier molecular flexibility index (Phi) is 4.83. The Morgan fingerprint density at radius 3 is 2.59 bits per heavy atom. The first-order valence-electron chi connectivity index (χ1n) is 5.34. The van der Waals surface area contributed by atoms with Crippen molar-refractivity contribution >= 4 is 21.7 Å². The zero-order chi connectivity index (χ0) is 13.0. The lowest BCUT2D eigenvalue weighted by Crippen LogP contribution is -2.15. The fourth-order valence-electron chi connectivity index (χ4n) is 1.59. The summed E-state index contributed by atoms with van der Waals surface area (Å²) in [5.41, 5.74) is 0.240. The summed E-state index contributed by atoms with van der Waals surface area (Å²) in [4.78, 5) is 12.0. The molecular weight excluding hydrogens is 285 g/mol. The van der Waals surface area contributed by atoms with Crippen molar-refractivity contribution in [2.24, 2.45) is 11.8 Å². The monoisotopic (exact) mass is 297 g/mol. The molecule has 17 heavy (non-hydrogen) atoms. The van der Waals surface area contributed by atoms with Crippen molar-refractivity contribution in [1.29, 1.82) is 5.26 Å². The van der Waals surface area contributed by atoms with Gasteiger partial charge in [0.2, 0.25) is 0 Å². The first kappa shape index (κ1) is 13.9. The number of nitriles is 1. The van der Waals surface area contributed by atoms with Gasteiger partial charge in [0.1, 0.15) is 11.7 Å². The highest BCUT2D eigenvalue weighted by Gasteiger charge is 2.21. The summed E-state index contributed by atoms with van der Waals surface area (Å²) in [5.74, 6) is -1.25. The summed E-state index contributed by atoms with van der Waals surface area (Å²) in [6.07, 6.45) is 0.490. The van der Waals surface area contributed by atoms with Gasteiger partial charge in [0.25, 0.3) is 0 Å². The molecule has 0 heterocycles. The van der Waals surface area contributed by atoms with Crippen LogP contribution in [0.1, 0.15) is 30.6 Å². The lowest BCUT2D eigenvalue weighted by molar-refractivity contribution is 0.0936. The van der Waals surface area contributed by atoms with Crippen LogP contribution in [0.25, 0.3) is 0 Å². The zero-order valence-corrected chi connectivity index (χ0v) is 11.3. The molecule has 0 radical (unpaired) electrons. The van der Waals surface area contributed by atoms with Gasteiger partial charge in [-0.25, -0.2) is 4.39 Å². The molecule has 0 saturated carbocycles. The van der Waals surface area contributed by atoms with E-state index >= 15 is 0 Å². The third-order valence-electron chi connectivity index (χ3n) is 2.33. The Bertz CT molecular complexity index is 445. The van der Waals surface area contributed by atoms with Crippen molar-refractivity contribution in [3.63, 3.8) is 0 Å². The summed E-state index contributed by atoms with van der Waals surface area (Å²) >= 11 is 3.13. The van der Waals surface area contributed by atoms with Gasteiger partial charge in [0.05, 0.1) is 6.07 Å². The van der Waals surface area contributed by atoms with Gasteiger partial charge in [-0.15, -0.1) is 0 Å². The molecular formula is C13H13BrFNO. The van der Waals surface area contributed by atoms with E-state index in [2.05, 4.69) is 15.9 Å². The summed E-state index contributed by atoms with van der Waals surface area (Å²) in [5, 5.41) is 8.97. The second-order valence-corrected chi connectivity index (χ2v) is 5.25. The zero-order valence-electron chi connectivity index (χ0n) is 9.71. The standard InChI is InChI=1S/C13H13BrFNO/c1-8(2)3-10(7-16)13(17)9-4-11(14)6-12(15)5-9/h4-6,8,10H,3H2,1-2H3. The average Bonchev–Trinajstić information content (AvgIpc) is 2.23. The van der Waals surface area contributed by atoms with Crippen LogP contribution in [0, 0.1) is 29.0 Å². The molecule has 0 spiro atoms. The van der Waals surface area contributed by atoms with Gasteiger partial charge in [-0.1, -0.05) is 29.8 Å². The van der Waals surface area contributed by atoms with Crippen LogP contribution in [-0.2, 0) is 0 Å². The minimum atomic E-state index is -0.705. The van der Waals surface area contributed by atoms with Crippen molar-refractivity contribution in [3.8, 4) is 6.07 Å². The lowest BCUT2D eigenvalue weighted by Gasteiger charge is -2.10. The molecule has 4 heteroatoms. The van der Waals surface area contributed by atoms with Crippen LogP contribution in [0.3, 0.4) is 0 Å². The van der Waals surface area contributed by atoms with Crippen molar-refractivity contribution < 1.29 is 9.18 Å². The number of ketones is 1. The van der Waals surface area contributed by atoms with E-state index in [4.69, 9.17) is 5.26 Å². The largest absolute Gasteiger partial charge is 0.293 e. The molecule has 0 aliphatic heterocycles. The van der Waals surface area contributed by atoms with Crippen LogP contribution in [0.2, 0.25) is 0 Å². The predicted molar refractivity (Wildman–Crippen MR) is 67.0 cm³/mol. The molecule has 0 fully saturated rings. The molecule has 1 atom stereocenters. The molecule has 0 saturated heterocycles. The lowest BCUT2D eigenvalue weighted by atomic mass is 9.91. The Morgan fingerprint density at radius 1 is 1.47 bits per heavy atom. The fourth-order valence-corrected chi connectivity index (χ4v) is 2.05. The summed E-state index contributed by atoms with van der Waals surface area (Å²) in [7, 11) is 0. The molecule has 0 aromatic heterocycles. The van der Waals surface area contributed by atoms with Crippen LogP contribution in [0.15, 0.2) is 22.7 Å². The van der Waals surface area contributed by atoms with Gasteiger partial charge in [-0.3, -0.25) is 4.79 Å². The number of hydrogen-bond acceptors (Lipinski definition) is 2. The summed E-state index contributed by atoms with van der Waals surface area (Å²) < 4.78 is 13.7. The van der Waals surface area contributed by atoms with Gasteiger partial charge in [0, 0.05) is 10.0 Å². The fraction of sp³-hybridized carbons (Fsp3) is 0.385. The average molecular weight is 298 g/mol. The number of nitrogens with zero attached hydrogens (tertiary/aromatic N) is 1. The van der Waals surface area contributed by atoms with E-state index in [-0.39, 0.29) is 17.3 Å². The number of halogens is 2. The van der Waals surface area contributed by atoms with Gasteiger partial charge in [-0.2, -0.15) is 5.26 Å². The maximum absolute atomic E-state index is 13.2. The van der Waals surface area contributed by atoms with Crippen LogP contribution in [0.5, 0.6) is 0 Å². The Hall–Kier alpha value is -1.21. The van der Waals surface area contributed by atoms with Gasteiger partial charge >= 0.3 is 0 Å². The Balaban J connectivity index is 2.98. The topological polar surface area (TPSA) is 40.9 Å². The van der Waals surface area contributed by atoms with E-state index in [1.54, 1.807) is 0 Å². The number of Topliss-reactive ketones (excluding diaryl/α,β-unsaturated/α-hetero) is 1. The third-order valence-corrected chi connectivity index (χ3v) is 2.78. The first-order valence-corrected chi connectivity index (χ1v) is 6.13. The number of carbonyl (C=O) groups is 1. The highest BCUT2D eigenvalue weighted by molar-refractivity contribution is 9.10. The first-order chi connectivity index (χ1) is 7.93. The summed E-state index contributed by atoms with van der Waals surface area (Å²) in [6.45, 7) is 3.89.